The third-order valence-electron chi connectivity index (χ3n) is 4.53. The molecule has 2 fully saturated rings. The monoisotopic (exact) mass is 329 g/mol. The standard InChI is InChI=1S/C15H21Cl2N3O/c16-12-6-18-7-13(17)11(12)8-19-9-14(15(21)10-19)20-4-2-1-3-5-20/h6-7,14-15,21H,1-5,8-10H2/t14-,15-/m0/s1. The first-order valence-electron chi connectivity index (χ1n) is 7.57. The summed E-state index contributed by atoms with van der Waals surface area (Å²) in [5.74, 6) is 0. The van der Waals surface area contributed by atoms with Crippen LogP contribution in [0.3, 0.4) is 0 Å². The first-order chi connectivity index (χ1) is 10.1. The minimum atomic E-state index is -0.289. The van der Waals surface area contributed by atoms with Gasteiger partial charge in [0.1, 0.15) is 0 Å². The molecule has 3 rings (SSSR count). The highest BCUT2D eigenvalue weighted by Crippen LogP contribution is 2.27. The number of hydrogen-bond donors (Lipinski definition) is 1. The molecule has 2 aliphatic rings. The van der Waals surface area contributed by atoms with Crippen LogP contribution < -0.4 is 0 Å². The summed E-state index contributed by atoms with van der Waals surface area (Å²) in [6.07, 6.45) is 6.75. The molecule has 1 N–H and O–H groups in total. The van der Waals surface area contributed by atoms with Gasteiger partial charge < -0.3 is 5.11 Å². The summed E-state index contributed by atoms with van der Waals surface area (Å²) in [6, 6.07) is 0.240. The molecule has 0 aliphatic carbocycles. The van der Waals surface area contributed by atoms with Gasteiger partial charge in [-0.25, -0.2) is 0 Å². The van der Waals surface area contributed by atoms with Gasteiger partial charge in [-0.1, -0.05) is 29.6 Å². The Morgan fingerprint density at radius 2 is 1.76 bits per heavy atom. The quantitative estimate of drug-likeness (QED) is 0.924. The van der Waals surface area contributed by atoms with Gasteiger partial charge in [0.15, 0.2) is 0 Å². The van der Waals surface area contributed by atoms with E-state index in [9.17, 15) is 5.11 Å². The summed E-state index contributed by atoms with van der Waals surface area (Å²) in [5, 5.41) is 11.6. The molecule has 6 heteroatoms. The van der Waals surface area contributed by atoms with Crippen LogP contribution in [0.1, 0.15) is 24.8 Å². The zero-order valence-corrected chi connectivity index (χ0v) is 13.5. The molecule has 1 aromatic heterocycles. The lowest BCUT2D eigenvalue weighted by molar-refractivity contribution is 0.0706. The Morgan fingerprint density at radius 1 is 1.10 bits per heavy atom. The summed E-state index contributed by atoms with van der Waals surface area (Å²) in [5.41, 5.74) is 0.903. The van der Waals surface area contributed by atoms with Crippen LogP contribution in [0.4, 0.5) is 0 Å². The van der Waals surface area contributed by atoms with Crippen molar-refractivity contribution in [3.63, 3.8) is 0 Å². The first-order valence-corrected chi connectivity index (χ1v) is 8.33. The highest BCUT2D eigenvalue weighted by molar-refractivity contribution is 6.35. The fourth-order valence-electron chi connectivity index (χ4n) is 3.40. The van der Waals surface area contributed by atoms with Gasteiger partial charge in [-0.05, 0) is 25.9 Å². The van der Waals surface area contributed by atoms with E-state index in [4.69, 9.17) is 23.2 Å². The normalized spacial score (nSPS) is 28.1. The molecule has 2 aliphatic heterocycles. The van der Waals surface area contributed by atoms with Crippen molar-refractivity contribution in [1.29, 1.82) is 0 Å². The van der Waals surface area contributed by atoms with E-state index in [1.165, 1.54) is 19.3 Å². The van der Waals surface area contributed by atoms with Gasteiger partial charge in [-0.15, -0.1) is 0 Å². The number of halogens is 2. The zero-order valence-electron chi connectivity index (χ0n) is 12.0. The largest absolute Gasteiger partial charge is 0.390 e. The Balaban J connectivity index is 1.65. The summed E-state index contributed by atoms with van der Waals surface area (Å²) >= 11 is 12.4. The number of nitrogens with zero attached hydrogens (tertiary/aromatic N) is 3. The molecule has 2 saturated heterocycles. The minimum Gasteiger partial charge on any atom is -0.390 e. The van der Waals surface area contributed by atoms with Crippen LogP contribution in [0, 0.1) is 0 Å². The zero-order chi connectivity index (χ0) is 14.8. The molecule has 0 bridgehead atoms. The van der Waals surface area contributed by atoms with E-state index in [0.29, 0.717) is 23.1 Å². The number of aromatic nitrogens is 1. The highest BCUT2D eigenvalue weighted by atomic mass is 35.5. The average Bonchev–Trinajstić information content (AvgIpc) is 2.85. The number of hydrogen-bond acceptors (Lipinski definition) is 4. The van der Waals surface area contributed by atoms with Crippen molar-refractivity contribution in [3.8, 4) is 0 Å². The van der Waals surface area contributed by atoms with E-state index < -0.39 is 0 Å². The Bertz CT molecular complexity index is 474. The number of likely N-dealkylation sites (tertiary alicyclic amines) is 2. The molecular weight excluding hydrogens is 309 g/mol. The van der Waals surface area contributed by atoms with Gasteiger partial charge in [0.2, 0.25) is 0 Å². The number of β-amino-alcohol motifs (C(OH)–C–C–N with tert-alkyl or cyclic N) is 1. The Kier molecular flexibility index (Phi) is 5.02. The molecule has 0 aromatic carbocycles. The topological polar surface area (TPSA) is 39.6 Å². The van der Waals surface area contributed by atoms with E-state index in [0.717, 1.165) is 25.2 Å². The van der Waals surface area contributed by atoms with Crippen molar-refractivity contribution in [2.75, 3.05) is 26.2 Å². The number of aliphatic hydroxyl groups excluding tert-OH is 1. The van der Waals surface area contributed by atoms with Crippen LogP contribution in [-0.2, 0) is 6.54 Å². The van der Waals surface area contributed by atoms with Gasteiger partial charge >= 0.3 is 0 Å². The maximum atomic E-state index is 10.4. The molecule has 3 heterocycles. The molecule has 21 heavy (non-hydrogen) atoms. The van der Waals surface area contributed by atoms with Crippen molar-refractivity contribution < 1.29 is 5.11 Å². The van der Waals surface area contributed by atoms with Crippen LogP contribution in [0.5, 0.6) is 0 Å². The first kappa shape index (κ1) is 15.5. The second kappa shape index (κ2) is 6.80. The maximum absolute atomic E-state index is 10.4. The van der Waals surface area contributed by atoms with Crippen LogP contribution >= 0.6 is 23.2 Å². The molecule has 2 atom stereocenters. The van der Waals surface area contributed by atoms with Crippen molar-refractivity contribution >= 4 is 23.2 Å². The van der Waals surface area contributed by atoms with E-state index in [-0.39, 0.29) is 12.1 Å². The van der Waals surface area contributed by atoms with E-state index >= 15 is 0 Å². The molecule has 0 radical (unpaired) electrons. The molecule has 0 saturated carbocycles. The second-order valence-corrected chi connectivity index (χ2v) is 6.82. The van der Waals surface area contributed by atoms with Gasteiger partial charge in [0.25, 0.3) is 0 Å². The smallest absolute Gasteiger partial charge is 0.0834 e. The molecule has 0 amide bonds. The Morgan fingerprint density at radius 3 is 2.43 bits per heavy atom. The summed E-state index contributed by atoms with van der Waals surface area (Å²) < 4.78 is 0. The van der Waals surface area contributed by atoms with E-state index in [1.807, 2.05) is 0 Å². The maximum Gasteiger partial charge on any atom is 0.0834 e. The fourth-order valence-corrected chi connectivity index (χ4v) is 3.88. The number of piperidine rings is 1. The van der Waals surface area contributed by atoms with Crippen molar-refractivity contribution in [2.45, 2.75) is 38.0 Å². The summed E-state index contributed by atoms with van der Waals surface area (Å²) in [4.78, 5) is 8.65. The Hall–Kier alpha value is -0.390. The molecule has 4 nitrogen and oxygen atoms in total. The van der Waals surface area contributed by atoms with Gasteiger partial charge in [0, 0.05) is 43.6 Å². The molecule has 1 aromatic rings. The lowest BCUT2D eigenvalue weighted by Crippen LogP contribution is -2.45. The number of aliphatic hydroxyl groups is 1. The third kappa shape index (κ3) is 3.51. The molecule has 0 unspecified atom stereocenters. The lowest BCUT2D eigenvalue weighted by Gasteiger charge is -2.33. The summed E-state index contributed by atoms with van der Waals surface area (Å²) in [7, 11) is 0. The fraction of sp³-hybridized carbons (Fsp3) is 0.667. The second-order valence-electron chi connectivity index (χ2n) is 6.01. The van der Waals surface area contributed by atoms with Crippen molar-refractivity contribution in [1.82, 2.24) is 14.8 Å². The van der Waals surface area contributed by atoms with Crippen molar-refractivity contribution in [2.24, 2.45) is 0 Å². The van der Waals surface area contributed by atoms with Crippen LogP contribution in [0.25, 0.3) is 0 Å². The van der Waals surface area contributed by atoms with Gasteiger partial charge in [0.05, 0.1) is 16.1 Å². The number of pyridine rings is 1. The van der Waals surface area contributed by atoms with Gasteiger partial charge in [-0.2, -0.15) is 0 Å². The molecular formula is C15H21Cl2N3O. The Labute approximate surface area is 135 Å². The van der Waals surface area contributed by atoms with E-state index in [2.05, 4.69) is 14.8 Å². The number of rotatable bonds is 3. The predicted molar refractivity (Wildman–Crippen MR) is 84.8 cm³/mol. The third-order valence-corrected chi connectivity index (χ3v) is 5.18. The van der Waals surface area contributed by atoms with Crippen LogP contribution in [0.2, 0.25) is 10.0 Å². The lowest BCUT2D eigenvalue weighted by atomic mass is 10.1. The SMILES string of the molecule is O[C@H]1CN(Cc2c(Cl)cncc2Cl)C[C@@H]1N1CCCCC1. The van der Waals surface area contributed by atoms with Gasteiger partial charge in [-0.3, -0.25) is 14.8 Å². The highest BCUT2D eigenvalue weighted by Gasteiger charge is 2.36. The summed E-state index contributed by atoms with van der Waals surface area (Å²) in [6.45, 7) is 4.42. The minimum absolute atomic E-state index is 0.240. The van der Waals surface area contributed by atoms with Crippen molar-refractivity contribution in [3.05, 3.63) is 28.0 Å². The van der Waals surface area contributed by atoms with Crippen LogP contribution in [-0.4, -0.2) is 58.2 Å². The average molecular weight is 330 g/mol. The van der Waals surface area contributed by atoms with E-state index in [1.54, 1.807) is 12.4 Å². The molecule has 0 spiro atoms. The van der Waals surface area contributed by atoms with Crippen LogP contribution in [0.15, 0.2) is 12.4 Å². The molecule has 116 valence electrons. The predicted octanol–water partition coefficient (Wildman–Crippen LogP) is 2.42.